The van der Waals surface area contributed by atoms with Gasteiger partial charge < -0.3 is 5.32 Å². The maximum absolute atomic E-state index is 5.83. The molecule has 1 aromatic rings. The van der Waals surface area contributed by atoms with Crippen molar-refractivity contribution in [2.24, 2.45) is 0 Å². The zero-order valence-corrected chi connectivity index (χ0v) is 9.02. The summed E-state index contributed by atoms with van der Waals surface area (Å²) in [5.74, 6) is 6.58. The number of anilines is 1. The van der Waals surface area contributed by atoms with Crippen molar-refractivity contribution in [2.75, 3.05) is 11.9 Å². The fourth-order valence-corrected chi connectivity index (χ4v) is 1.11. The lowest BCUT2D eigenvalue weighted by atomic mass is 10.3. The van der Waals surface area contributed by atoms with E-state index in [9.17, 15) is 0 Å². The van der Waals surface area contributed by atoms with Crippen molar-refractivity contribution in [3.05, 3.63) is 17.0 Å². The summed E-state index contributed by atoms with van der Waals surface area (Å²) in [5, 5.41) is 3.64. The standard InChI is InChI=1S/C10H12ClN3/c1-3-4-5-6-12-10-8(2)9(11)13-7-14-10/h7H,5-6H2,1-2H3,(H,12,13,14). The van der Waals surface area contributed by atoms with E-state index in [1.54, 1.807) is 0 Å². The molecule has 0 aliphatic heterocycles. The second-order valence-corrected chi connectivity index (χ2v) is 3.10. The minimum absolute atomic E-state index is 0.490. The maximum Gasteiger partial charge on any atom is 0.137 e. The molecule has 0 unspecified atom stereocenters. The molecule has 0 fully saturated rings. The lowest BCUT2D eigenvalue weighted by molar-refractivity contribution is 1.04. The maximum atomic E-state index is 5.83. The largest absolute Gasteiger partial charge is 0.369 e. The van der Waals surface area contributed by atoms with Crippen LogP contribution in [0.5, 0.6) is 0 Å². The quantitative estimate of drug-likeness (QED) is 0.472. The highest BCUT2D eigenvalue weighted by molar-refractivity contribution is 6.30. The van der Waals surface area contributed by atoms with Gasteiger partial charge in [-0.2, -0.15) is 0 Å². The first kappa shape index (κ1) is 10.8. The predicted molar refractivity (Wildman–Crippen MR) is 58.3 cm³/mol. The van der Waals surface area contributed by atoms with E-state index in [0.29, 0.717) is 5.15 Å². The summed E-state index contributed by atoms with van der Waals surface area (Å²) in [4.78, 5) is 7.95. The molecule has 1 heterocycles. The van der Waals surface area contributed by atoms with Crippen LogP contribution in [-0.4, -0.2) is 16.5 Å². The molecule has 4 heteroatoms. The van der Waals surface area contributed by atoms with E-state index >= 15 is 0 Å². The molecule has 0 spiro atoms. The summed E-state index contributed by atoms with van der Waals surface area (Å²) < 4.78 is 0. The van der Waals surface area contributed by atoms with Gasteiger partial charge in [0.05, 0.1) is 0 Å². The van der Waals surface area contributed by atoms with Crippen LogP contribution < -0.4 is 5.32 Å². The Hall–Kier alpha value is -1.27. The molecule has 0 saturated heterocycles. The van der Waals surface area contributed by atoms with Crippen LogP contribution >= 0.6 is 11.6 Å². The minimum atomic E-state index is 0.490. The Morgan fingerprint density at radius 3 is 3.00 bits per heavy atom. The van der Waals surface area contributed by atoms with Gasteiger partial charge >= 0.3 is 0 Å². The van der Waals surface area contributed by atoms with Crippen molar-refractivity contribution in [3.8, 4) is 11.8 Å². The van der Waals surface area contributed by atoms with Gasteiger partial charge in [0.15, 0.2) is 0 Å². The van der Waals surface area contributed by atoms with Crippen LogP contribution in [0.1, 0.15) is 18.9 Å². The number of hydrogen-bond donors (Lipinski definition) is 1. The lowest BCUT2D eigenvalue weighted by Crippen LogP contribution is -2.05. The Balaban J connectivity index is 2.57. The molecule has 0 bridgehead atoms. The topological polar surface area (TPSA) is 37.8 Å². The molecule has 74 valence electrons. The highest BCUT2D eigenvalue weighted by Crippen LogP contribution is 2.17. The summed E-state index contributed by atoms with van der Waals surface area (Å²) in [6.45, 7) is 4.48. The first-order valence-electron chi connectivity index (χ1n) is 4.36. The monoisotopic (exact) mass is 209 g/mol. The first-order valence-corrected chi connectivity index (χ1v) is 4.74. The molecule has 0 aromatic carbocycles. The summed E-state index contributed by atoms with van der Waals surface area (Å²) in [7, 11) is 0. The first-order chi connectivity index (χ1) is 6.75. The van der Waals surface area contributed by atoms with Gasteiger partial charge in [-0.05, 0) is 13.8 Å². The van der Waals surface area contributed by atoms with Crippen molar-refractivity contribution >= 4 is 17.4 Å². The zero-order chi connectivity index (χ0) is 10.4. The molecular formula is C10H12ClN3. The van der Waals surface area contributed by atoms with Gasteiger partial charge in [-0.15, -0.1) is 11.8 Å². The van der Waals surface area contributed by atoms with Gasteiger partial charge in [-0.1, -0.05) is 11.6 Å². The van der Waals surface area contributed by atoms with Crippen LogP contribution in [-0.2, 0) is 0 Å². The number of halogens is 1. The SMILES string of the molecule is CC#CCCNc1ncnc(Cl)c1C. The number of nitrogens with one attached hydrogen (secondary N) is 1. The highest BCUT2D eigenvalue weighted by Gasteiger charge is 2.02. The smallest absolute Gasteiger partial charge is 0.137 e. The van der Waals surface area contributed by atoms with Crippen molar-refractivity contribution in [3.63, 3.8) is 0 Å². The molecule has 0 amide bonds. The Morgan fingerprint density at radius 1 is 1.50 bits per heavy atom. The summed E-state index contributed by atoms with van der Waals surface area (Å²) >= 11 is 5.83. The predicted octanol–water partition coefficient (Wildman–Crippen LogP) is 2.26. The van der Waals surface area contributed by atoms with Gasteiger partial charge in [0.25, 0.3) is 0 Å². The average Bonchev–Trinajstić information content (AvgIpc) is 2.19. The molecule has 1 N–H and O–H groups in total. The van der Waals surface area contributed by atoms with Crippen LogP contribution in [0.15, 0.2) is 6.33 Å². The third-order valence-corrected chi connectivity index (χ3v) is 2.12. The van der Waals surface area contributed by atoms with Crippen LogP contribution in [0.2, 0.25) is 5.15 Å². The normalized spacial score (nSPS) is 9.07. The third kappa shape index (κ3) is 2.90. The third-order valence-electron chi connectivity index (χ3n) is 1.74. The number of rotatable bonds is 3. The van der Waals surface area contributed by atoms with Gasteiger partial charge in [0.1, 0.15) is 17.3 Å². The summed E-state index contributed by atoms with van der Waals surface area (Å²) in [5.41, 5.74) is 0.874. The molecule has 0 saturated carbocycles. The van der Waals surface area contributed by atoms with E-state index in [4.69, 9.17) is 11.6 Å². The fraction of sp³-hybridized carbons (Fsp3) is 0.400. The van der Waals surface area contributed by atoms with E-state index in [0.717, 1.165) is 24.3 Å². The van der Waals surface area contributed by atoms with E-state index in [-0.39, 0.29) is 0 Å². The van der Waals surface area contributed by atoms with Crippen molar-refractivity contribution in [2.45, 2.75) is 20.3 Å². The van der Waals surface area contributed by atoms with Crippen molar-refractivity contribution in [1.29, 1.82) is 0 Å². The van der Waals surface area contributed by atoms with Gasteiger partial charge in [0, 0.05) is 18.5 Å². The minimum Gasteiger partial charge on any atom is -0.369 e. The van der Waals surface area contributed by atoms with Crippen LogP contribution in [0.25, 0.3) is 0 Å². The van der Waals surface area contributed by atoms with Crippen molar-refractivity contribution < 1.29 is 0 Å². The van der Waals surface area contributed by atoms with Crippen LogP contribution in [0.3, 0.4) is 0 Å². The number of nitrogens with zero attached hydrogens (tertiary/aromatic N) is 2. The van der Waals surface area contributed by atoms with Gasteiger partial charge in [-0.3, -0.25) is 0 Å². The zero-order valence-electron chi connectivity index (χ0n) is 8.26. The molecule has 1 aromatic heterocycles. The van der Waals surface area contributed by atoms with Crippen molar-refractivity contribution in [1.82, 2.24) is 9.97 Å². The fourth-order valence-electron chi connectivity index (χ4n) is 0.975. The van der Waals surface area contributed by atoms with Crippen LogP contribution in [0.4, 0.5) is 5.82 Å². The van der Waals surface area contributed by atoms with E-state index < -0.39 is 0 Å². The number of aromatic nitrogens is 2. The summed E-state index contributed by atoms with van der Waals surface area (Å²) in [6, 6.07) is 0. The van der Waals surface area contributed by atoms with Gasteiger partial charge in [-0.25, -0.2) is 9.97 Å². The van der Waals surface area contributed by atoms with E-state index in [1.807, 2.05) is 13.8 Å². The Labute approximate surface area is 88.9 Å². The molecule has 0 radical (unpaired) electrons. The summed E-state index contributed by atoms with van der Waals surface area (Å²) in [6.07, 6.45) is 2.25. The number of hydrogen-bond acceptors (Lipinski definition) is 3. The molecule has 0 aliphatic carbocycles. The Morgan fingerprint density at radius 2 is 2.29 bits per heavy atom. The molecule has 3 nitrogen and oxygen atoms in total. The molecule has 0 aliphatic rings. The highest BCUT2D eigenvalue weighted by atomic mass is 35.5. The average molecular weight is 210 g/mol. The molecule has 14 heavy (non-hydrogen) atoms. The second kappa shape index (κ2) is 5.46. The molecule has 0 atom stereocenters. The second-order valence-electron chi connectivity index (χ2n) is 2.74. The molecular weight excluding hydrogens is 198 g/mol. The Kier molecular flexibility index (Phi) is 4.21. The van der Waals surface area contributed by atoms with E-state index in [1.165, 1.54) is 6.33 Å². The van der Waals surface area contributed by atoms with E-state index in [2.05, 4.69) is 27.1 Å². The van der Waals surface area contributed by atoms with Crippen LogP contribution in [0, 0.1) is 18.8 Å². The lowest BCUT2D eigenvalue weighted by Gasteiger charge is -2.06. The molecule has 1 rings (SSSR count). The van der Waals surface area contributed by atoms with Gasteiger partial charge in [0.2, 0.25) is 0 Å². The Bertz CT molecular complexity index is 365.